The topological polar surface area (TPSA) is 43.1 Å². The van der Waals surface area contributed by atoms with E-state index >= 15 is 0 Å². The molecule has 0 amide bonds. The quantitative estimate of drug-likeness (QED) is 0.827. The van der Waals surface area contributed by atoms with Gasteiger partial charge in [0.25, 0.3) is 0 Å². The van der Waals surface area contributed by atoms with Crippen LogP contribution in [0.1, 0.15) is 30.4 Å². The van der Waals surface area contributed by atoms with Crippen LogP contribution in [0.25, 0.3) is 0 Å². The summed E-state index contributed by atoms with van der Waals surface area (Å²) < 4.78 is 23.4. The molecule has 2 nitrogen and oxygen atoms in total. The highest BCUT2D eigenvalue weighted by Crippen LogP contribution is 2.17. The van der Waals surface area contributed by atoms with Crippen molar-refractivity contribution in [1.82, 2.24) is 0 Å². The first kappa shape index (κ1) is 8.05. The second-order valence-corrected chi connectivity index (χ2v) is 4.52. The molecular formula is C13H19NO. The van der Waals surface area contributed by atoms with Gasteiger partial charge in [0.05, 0.1) is 7.41 Å². The van der Waals surface area contributed by atoms with Gasteiger partial charge in [-0.1, -0.05) is 51.1 Å². The Kier molecular flexibility index (Phi) is 2.46. The standard InChI is InChI=1S/C13H19NO/c1-13(2,3)12(15)11(14)9-10-7-5-4-6-8-10/h4-8,11H,9,14H2,1-3H3/t11-/m0/s1/i4D,9D2. The van der Waals surface area contributed by atoms with Gasteiger partial charge < -0.3 is 5.73 Å². The van der Waals surface area contributed by atoms with Crippen molar-refractivity contribution in [2.24, 2.45) is 11.1 Å². The first-order valence-electron chi connectivity index (χ1n) is 6.44. The molecule has 0 spiro atoms. The summed E-state index contributed by atoms with van der Waals surface area (Å²) in [6.45, 7) is 5.16. The van der Waals surface area contributed by atoms with Gasteiger partial charge >= 0.3 is 0 Å². The van der Waals surface area contributed by atoms with Crippen molar-refractivity contribution >= 4 is 5.78 Å². The van der Waals surface area contributed by atoms with E-state index in [9.17, 15) is 4.79 Å². The molecule has 1 atom stereocenters. The normalized spacial score (nSPS) is 17.5. The second kappa shape index (κ2) is 4.58. The number of rotatable bonds is 3. The van der Waals surface area contributed by atoms with Crippen LogP contribution in [0.15, 0.2) is 30.3 Å². The molecule has 0 saturated heterocycles. The first-order chi connectivity index (χ1) is 8.06. The Morgan fingerprint density at radius 2 is 2.07 bits per heavy atom. The fourth-order valence-corrected chi connectivity index (χ4v) is 1.19. The SMILES string of the molecule is [2H]c1ccc(C([2H])([2H])[C@H](N)C(=O)C(C)(C)C)cc1. The van der Waals surface area contributed by atoms with Crippen molar-refractivity contribution in [3.63, 3.8) is 0 Å². The Bertz CT molecular complexity index is 435. The first-order valence-corrected chi connectivity index (χ1v) is 4.94. The summed E-state index contributed by atoms with van der Waals surface area (Å²) in [5.74, 6) is -0.317. The Morgan fingerprint density at radius 3 is 2.53 bits per heavy atom. The fourth-order valence-electron chi connectivity index (χ4n) is 1.19. The van der Waals surface area contributed by atoms with Gasteiger partial charge in [-0.2, -0.15) is 0 Å². The molecule has 0 radical (unpaired) electrons. The van der Waals surface area contributed by atoms with E-state index in [4.69, 9.17) is 9.85 Å². The molecule has 0 aliphatic carbocycles. The van der Waals surface area contributed by atoms with Crippen molar-refractivity contribution in [3.8, 4) is 0 Å². The molecule has 1 aromatic carbocycles. The zero-order valence-electron chi connectivity index (χ0n) is 12.4. The number of carbonyl (C=O) groups is 1. The fraction of sp³-hybridized carbons (Fsp3) is 0.462. The van der Waals surface area contributed by atoms with E-state index in [-0.39, 0.29) is 5.78 Å². The largest absolute Gasteiger partial charge is 0.321 e. The molecule has 0 saturated carbocycles. The summed E-state index contributed by atoms with van der Waals surface area (Å²) in [7, 11) is 0. The molecule has 1 rings (SSSR count). The average Bonchev–Trinajstić information content (AvgIpc) is 2.26. The van der Waals surface area contributed by atoms with Crippen molar-refractivity contribution in [2.45, 2.75) is 33.2 Å². The van der Waals surface area contributed by atoms with Crippen LogP contribution in [0.3, 0.4) is 0 Å². The number of hydrogen-bond donors (Lipinski definition) is 1. The minimum atomic E-state index is -1.93. The summed E-state index contributed by atoms with van der Waals surface area (Å²) in [6.07, 6.45) is -1.93. The number of Topliss-reactive ketones (excluding diaryl/α,β-unsaturated/α-hetero) is 1. The Morgan fingerprint density at radius 1 is 1.53 bits per heavy atom. The van der Waals surface area contributed by atoms with E-state index in [1.165, 1.54) is 24.3 Å². The van der Waals surface area contributed by atoms with E-state index in [2.05, 4.69) is 0 Å². The van der Waals surface area contributed by atoms with E-state index < -0.39 is 17.8 Å². The molecule has 82 valence electrons. The highest BCUT2D eigenvalue weighted by Gasteiger charge is 2.26. The molecule has 15 heavy (non-hydrogen) atoms. The smallest absolute Gasteiger partial charge is 0.155 e. The summed E-state index contributed by atoms with van der Waals surface area (Å²) in [5.41, 5.74) is 5.42. The minimum absolute atomic E-state index is 0.297. The van der Waals surface area contributed by atoms with Gasteiger partial charge in [-0.15, -0.1) is 0 Å². The highest BCUT2D eigenvalue weighted by atomic mass is 16.1. The molecule has 0 aliphatic heterocycles. The van der Waals surface area contributed by atoms with Crippen LogP contribution in [0, 0.1) is 5.41 Å². The molecule has 2 N–H and O–H groups in total. The lowest BCUT2D eigenvalue weighted by molar-refractivity contribution is -0.127. The molecule has 0 unspecified atom stereocenters. The molecule has 0 aromatic heterocycles. The summed E-state index contributed by atoms with van der Waals surface area (Å²) >= 11 is 0. The van der Waals surface area contributed by atoms with Crippen LogP contribution in [-0.2, 0) is 11.2 Å². The van der Waals surface area contributed by atoms with Crippen molar-refractivity contribution in [3.05, 3.63) is 35.9 Å². The van der Waals surface area contributed by atoms with E-state index in [0.717, 1.165) is 0 Å². The number of benzene rings is 1. The van der Waals surface area contributed by atoms with Crippen LogP contribution < -0.4 is 5.73 Å². The van der Waals surface area contributed by atoms with Gasteiger partial charge in [-0.25, -0.2) is 0 Å². The third-order valence-electron chi connectivity index (χ3n) is 2.06. The van der Waals surface area contributed by atoms with Crippen molar-refractivity contribution in [1.29, 1.82) is 0 Å². The minimum Gasteiger partial charge on any atom is -0.321 e. The number of ketones is 1. The van der Waals surface area contributed by atoms with Crippen molar-refractivity contribution in [2.75, 3.05) is 0 Å². The van der Waals surface area contributed by atoms with Crippen LogP contribution in [-0.4, -0.2) is 11.8 Å². The molecule has 0 heterocycles. The van der Waals surface area contributed by atoms with Gasteiger partial charge in [0.1, 0.15) is 0 Å². The number of hydrogen-bond acceptors (Lipinski definition) is 2. The van der Waals surface area contributed by atoms with Gasteiger partial charge in [0.2, 0.25) is 0 Å². The monoisotopic (exact) mass is 208 g/mol. The maximum Gasteiger partial charge on any atom is 0.155 e. The van der Waals surface area contributed by atoms with Gasteiger partial charge in [-0.3, -0.25) is 4.79 Å². The Hall–Kier alpha value is -1.15. The maximum atomic E-state index is 12.0. The van der Waals surface area contributed by atoms with Crippen molar-refractivity contribution < 1.29 is 8.91 Å². The molecular weight excluding hydrogens is 186 g/mol. The number of carbonyl (C=O) groups excluding carboxylic acids is 1. The highest BCUT2D eigenvalue weighted by molar-refractivity contribution is 5.88. The lowest BCUT2D eigenvalue weighted by atomic mass is 9.85. The Labute approximate surface area is 95.7 Å². The number of nitrogens with two attached hydrogens (primary N) is 1. The summed E-state index contributed by atoms with van der Waals surface area (Å²) in [4.78, 5) is 12.0. The maximum absolute atomic E-state index is 12.0. The second-order valence-electron chi connectivity index (χ2n) is 4.52. The third kappa shape index (κ3) is 3.48. The van der Waals surface area contributed by atoms with Crippen LogP contribution in [0.5, 0.6) is 0 Å². The van der Waals surface area contributed by atoms with E-state index in [0.29, 0.717) is 11.6 Å². The molecule has 2 heteroatoms. The van der Waals surface area contributed by atoms with E-state index in [1.54, 1.807) is 20.8 Å². The third-order valence-corrected chi connectivity index (χ3v) is 2.06. The van der Waals surface area contributed by atoms with Gasteiger partial charge in [0.15, 0.2) is 5.78 Å². The molecule has 0 bridgehead atoms. The van der Waals surface area contributed by atoms with E-state index in [1.807, 2.05) is 0 Å². The summed E-state index contributed by atoms with van der Waals surface area (Å²) in [6, 6.07) is 5.05. The molecule has 0 aliphatic rings. The molecule has 0 fully saturated rings. The van der Waals surface area contributed by atoms with Crippen LogP contribution in [0.4, 0.5) is 0 Å². The predicted molar refractivity (Wildman–Crippen MR) is 62.6 cm³/mol. The van der Waals surface area contributed by atoms with Crippen LogP contribution in [0.2, 0.25) is 0 Å². The van der Waals surface area contributed by atoms with Gasteiger partial charge in [0, 0.05) is 8.16 Å². The summed E-state index contributed by atoms with van der Waals surface area (Å²) in [5, 5.41) is 0. The van der Waals surface area contributed by atoms with Gasteiger partial charge in [-0.05, 0) is 11.9 Å². The lowest BCUT2D eigenvalue weighted by Crippen LogP contribution is -2.40. The van der Waals surface area contributed by atoms with Crippen LogP contribution >= 0.6 is 0 Å². The zero-order valence-corrected chi connectivity index (χ0v) is 9.37. The molecule has 1 aromatic rings. The lowest BCUT2D eigenvalue weighted by Gasteiger charge is -2.21. The zero-order chi connectivity index (χ0) is 14.1. The predicted octanol–water partition coefficient (Wildman–Crippen LogP) is 2.17. The Balaban J connectivity index is 3.06. The average molecular weight is 208 g/mol.